The molecule has 3 aromatic rings. The first-order valence-corrected chi connectivity index (χ1v) is 6.83. The molecule has 1 aromatic carbocycles. The van der Waals surface area contributed by atoms with E-state index >= 15 is 0 Å². The summed E-state index contributed by atoms with van der Waals surface area (Å²) in [5.74, 6) is 0.856. The summed E-state index contributed by atoms with van der Waals surface area (Å²) in [6.07, 6.45) is 7.11. The fourth-order valence-electron chi connectivity index (χ4n) is 2.13. The SMILES string of the molecule is CC/C=C\c1cccc(Nc2ccc3cc[nH]c3c2)n1. The zero-order chi connectivity index (χ0) is 13.8. The van der Waals surface area contributed by atoms with E-state index in [1.54, 1.807) is 0 Å². The van der Waals surface area contributed by atoms with Gasteiger partial charge in [-0.2, -0.15) is 0 Å². The van der Waals surface area contributed by atoms with Crippen LogP contribution in [0.5, 0.6) is 0 Å². The van der Waals surface area contributed by atoms with Crippen molar-refractivity contribution in [2.45, 2.75) is 13.3 Å². The second-order valence-corrected chi connectivity index (χ2v) is 4.66. The van der Waals surface area contributed by atoms with E-state index in [0.29, 0.717) is 0 Å². The van der Waals surface area contributed by atoms with Crippen molar-refractivity contribution in [3.8, 4) is 0 Å². The second kappa shape index (κ2) is 5.61. The van der Waals surface area contributed by atoms with Gasteiger partial charge in [0, 0.05) is 17.4 Å². The third kappa shape index (κ3) is 2.72. The molecular formula is C17H17N3. The molecule has 3 nitrogen and oxygen atoms in total. The first kappa shape index (κ1) is 12.5. The number of rotatable bonds is 4. The van der Waals surface area contributed by atoms with E-state index in [1.807, 2.05) is 30.5 Å². The minimum Gasteiger partial charge on any atom is -0.361 e. The van der Waals surface area contributed by atoms with Gasteiger partial charge in [-0.1, -0.05) is 25.1 Å². The topological polar surface area (TPSA) is 40.7 Å². The van der Waals surface area contributed by atoms with E-state index in [-0.39, 0.29) is 0 Å². The van der Waals surface area contributed by atoms with Gasteiger partial charge in [-0.05, 0) is 48.2 Å². The molecule has 0 saturated carbocycles. The Morgan fingerprint density at radius 3 is 3.05 bits per heavy atom. The Morgan fingerprint density at radius 2 is 2.15 bits per heavy atom. The highest BCUT2D eigenvalue weighted by atomic mass is 15.0. The van der Waals surface area contributed by atoms with Crippen molar-refractivity contribution in [2.75, 3.05) is 5.32 Å². The number of hydrogen-bond acceptors (Lipinski definition) is 2. The Hall–Kier alpha value is -2.55. The molecule has 100 valence electrons. The molecule has 0 saturated heterocycles. The summed E-state index contributed by atoms with van der Waals surface area (Å²) in [5.41, 5.74) is 3.12. The van der Waals surface area contributed by atoms with Gasteiger partial charge in [-0.25, -0.2) is 4.98 Å². The lowest BCUT2D eigenvalue weighted by molar-refractivity contribution is 1.22. The molecule has 2 aromatic heterocycles. The maximum absolute atomic E-state index is 4.57. The third-order valence-electron chi connectivity index (χ3n) is 3.12. The molecule has 0 bridgehead atoms. The number of pyridine rings is 1. The van der Waals surface area contributed by atoms with Crippen LogP contribution in [-0.4, -0.2) is 9.97 Å². The fraction of sp³-hybridized carbons (Fsp3) is 0.118. The number of nitrogens with zero attached hydrogens (tertiary/aromatic N) is 1. The molecule has 0 aliphatic carbocycles. The van der Waals surface area contributed by atoms with Crippen LogP contribution in [0.15, 0.2) is 54.7 Å². The molecule has 0 fully saturated rings. The van der Waals surface area contributed by atoms with Crippen LogP contribution < -0.4 is 5.32 Å². The molecule has 20 heavy (non-hydrogen) atoms. The van der Waals surface area contributed by atoms with Crippen LogP contribution in [-0.2, 0) is 0 Å². The van der Waals surface area contributed by atoms with Crippen molar-refractivity contribution in [3.05, 3.63) is 60.4 Å². The zero-order valence-corrected chi connectivity index (χ0v) is 11.4. The number of fused-ring (bicyclic) bond motifs is 1. The van der Waals surface area contributed by atoms with Crippen LogP contribution in [0.25, 0.3) is 17.0 Å². The summed E-state index contributed by atoms with van der Waals surface area (Å²) >= 11 is 0. The maximum atomic E-state index is 4.57. The average molecular weight is 263 g/mol. The quantitative estimate of drug-likeness (QED) is 0.714. The van der Waals surface area contributed by atoms with Crippen LogP contribution >= 0.6 is 0 Å². The van der Waals surface area contributed by atoms with Gasteiger partial charge in [0.25, 0.3) is 0 Å². The Morgan fingerprint density at radius 1 is 1.20 bits per heavy atom. The minimum atomic E-state index is 0.856. The number of allylic oxidation sites excluding steroid dienone is 1. The lowest BCUT2D eigenvalue weighted by Crippen LogP contribution is -1.94. The predicted octanol–water partition coefficient (Wildman–Crippen LogP) is 4.73. The molecule has 0 spiro atoms. The molecule has 0 aliphatic heterocycles. The monoisotopic (exact) mass is 263 g/mol. The van der Waals surface area contributed by atoms with E-state index in [9.17, 15) is 0 Å². The van der Waals surface area contributed by atoms with E-state index in [4.69, 9.17) is 0 Å². The Bertz CT molecular complexity index is 741. The van der Waals surface area contributed by atoms with Gasteiger partial charge in [0.15, 0.2) is 0 Å². The second-order valence-electron chi connectivity index (χ2n) is 4.66. The average Bonchev–Trinajstić information content (AvgIpc) is 2.93. The molecular weight excluding hydrogens is 246 g/mol. The summed E-state index contributed by atoms with van der Waals surface area (Å²) < 4.78 is 0. The molecule has 2 heterocycles. The molecule has 0 amide bonds. The van der Waals surface area contributed by atoms with Gasteiger partial charge < -0.3 is 10.3 Å². The van der Waals surface area contributed by atoms with Crippen LogP contribution in [0.2, 0.25) is 0 Å². The highest BCUT2D eigenvalue weighted by Gasteiger charge is 1.99. The number of hydrogen-bond donors (Lipinski definition) is 2. The van der Waals surface area contributed by atoms with Crippen molar-refractivity contribution >= 4 is 28.5 Å². The minimum absolute atomic E-state index is 0.856. The fourth-order valence-corrected chi connectivity index (χ4v) is 2.13. The molecule has 0 radical (unpaired) electrons. The van der Waals surface area contributed by atoms with Gasteiger partial charge in [0.1, 0.15) is 5.82 Å². The van der Waals surface area contributed by atoms with E-state index in [2.05, 4.69) is 52.5 Å². The molecule has 3 rings (SSSR count). The van der Waals surface area contributed by atoms with Crippen molar-refractivity contribution in [2.24, 2.45) is 0 Å². The first-order valence-electron chi connectivity index (χ1n) is 6.83. The van der Waals surface area contributed by atoms with Crippen molar-refractivity contribution in [1.82, 2.24) is 9.97 Å². The number of aromatic nitrogens is 2. The van der Waals surface area contributed by atoms with E-state index in [1.165, 1.54) is 5.39 Å². The largest absolute Gasteiger partial charge is 0.361 e. The summed E-state index contributed by atoms with van der Waals surface area (Å²) in [4.78, 5) is 7.78. The number of nitrogens with one attached hydrogen (secondary N) is 2. The maximum Gasteiger partial charge on any atom is 0.131 e. The summed E-state index contributed by atoms with van der Waals surface area (Å²) in [6.45, 7) is 2.12. The Kier molecular flexibility index (Phi) is 3.50. The van der Waals surface area contributed by atoms with Crippen LogP contribution in [0, 0.1) is 0 Å². The molecule has 0 atom stereocenters. The molecule has 2 N–H and O–H groups in total. The van der Waals surface area contributed by atoms with E-state index < -0.39 is 0 Å². The van der Waals surface area contributed by atoms with Crippen LogP contribution in [0.3, 0.4) is 0 Å². The number of aromatic amines is 1. The van der Waals surface area contributed by atoms with Gasteiger partial charge >= 0.3 is 0 Å². The normalized spacial score (nSPS) is 11.2. The summed E-state index contributed by atoms with van der Waals surface area (Å²) in [7, 11) is 0. The molecule has 0 aliphatic rings. The highest BCUT2D eigenvalue weighted by Crippen LogP contribution is 2.20. The summed E-state index contributed by atoms with van der Waals surface area (Å²) in [5, 5.41) is 4.55. The van der Waals surface area contributed by atoms with Crippen molar-refractivity contribution in [1.29, 1.82) is 0 Å². The number of anilines is 2. The Labute approximate surface area is 118 Å². The first-order chi connectivity index (χ1) is 9.85. The highest BCUT2D eigenvalue weighted by molar-refractivity contribution is 5.83. The lowest BCUT2D eigenvalue weighted by Gasteiger charge is -2.06. The smallest absolute Gasteiger partial charge is 0.131 e. The van der Waals surface area contributed by atoms with Gasteiger partial charge in [0.05, 0.1) is 5.69 Å². The van der Waals surface area contributed by atoms with Gasteiger partial charge in [0.2, 0.25) is 0 Å². The van der Waals surface area contributed by atoms with Crippen molar-refractivity contribution in [3.63, 3.8) is 0 Å². The molecule has 0 unspecified atom stereocenters. The van der Waals surface area contributed by atoms with Crippen LogP contribution in [0.4, 0.5) is 11.5 Å². The van der Waals surface area contributed by atoms with Gasteiger partial charge in [-0.15, -0.1) is 0 Å². The van der Waals surface area contributed by atoms with Crippen LogP contribution in [0.1, 0.15) is 19.0 Å². The Balaban J connectivity index is 1.84. The third-order valence-corrected chi connectivity index (χ3v) is 3.12. The standard InChI is InChI=1S/C17H17N3/c1-2-3-5-14-6-4-7-17(19-14)20-15-9-8-13-10-11-18-16(13)12-15/h3-12,18H,2H2,1H3,(H,19,20)/b5-3-. The predicted molar refractivity (Wildman–Crippen MR) is 85.1 cm³/mol. The zero-order valence-electron chi connectivity index (χ0n) is 11.4. The lowest BCUT2D eigenvalue weighted by atomic mass is 10.2. The molecule has 3 heteroatoms. The van der Waals surface area contributed by atoms with Gasteiger partial charge in [-0.3, -0.25) is 0 Å². The van der Waals surface area contributed by atoms with Crippen molar-refractivity contribution < 1.29 is 0 Å². The number of H-pyrrole nitrogens is 1. The van der Waals surface area contributed by atoms with E-state index in [0.717, 1.165) is 29.1 Å². The summed E-state index contributed by atoms with van der Waals surface area (Å²) in [6, 6.07) is 14.3. The number of benzene rings is 1.